The molecule has 2 aromatic rings. The monoisotopic (exact) mass is 228 g/mol. The van der Waals surface area contributed by atoms with E-state index in [4.69, 9.17) is 0 Å². The summed E-state index contributed by atoms with van der Waals surface area (Å²) >= 11 is 0. The van der Waals surface area contributed by atoms with Gasteiger partial charge >= 0.3 is 0 Å². The van der Waals surface area contributed by atoms with Crippen molar-refractivity contribution in [2.75, 3.05) is 0 Å². The molecule has 0 spiro atoms. The zero-order valence-corrected chi connectivity index (χ0v) is 9.87. The maximum atomic E-state index is 10.2. The first-order valence-electron chi connectivity index (χ1n) is 5.81. The maximum absolute atomic E-state index is 10.2. The van der Waals surface area contributed by atoms with Crippen LogP contribution in [0.5, 0.6) is 0 Å². The molecular weight excluding hydrogens is 212 g/mol. The Labute approximate surface area is 101 Å². The van der Waals surface area contributed by atoms with Crippen molar-refractivity contribution in [3.05, 3.63) is 59.7 Å². The van der Waals surface area contributed by atoms with Gasteiger partial charge in [-0.05, 0) is 35.2 Å². The van der Waals surface area contributed by atoms with E-state index in [0.717, 1.165) is 23.1 Å². The van der Waals surface area contributed by atoms with Crippen LogP contribution in [0.15, 0.2) is 43.0 Å². The number of aliphatic hydroxyl groups is 1. The van der Waals surface area contributed by atoms with E-state index in [1.165, 1.54) is 0 Å². The number of hydrogen-bond donors (Lipinski definition) is 1. The Morgan fingerprint density at radius 2 is 2.00 bits per heavy atom. The molecule has 1 unspecified atom stereocenters. The molecule has 0 aliphatic carbocycles. The molecule has 0 radical (unpaired) electrons. The van der Waals surface area contributed by atoms with Crippen LogP contribution in [0.2, 0.25) is 0 Å². The number of hydrogen-bond acceptors (Lipinski definition) is 3. The molecule has 0 saturated carbocycles. The minimum atomic E-state index is -0.489. The van der Waals surface area contributed by atoms with Crippen LogP contribution in [0.1, 0.15) is 29.7 Å². The summed E-state index contributed by atoms with van der Waals surface area (Å²) in [6, 6.07) is 5.75. The van der Waals surface area contributed by atoms with Crippen molar-refractivity contribution in [2.45, 2.75) is 25.9 Å². The molecule has 2 aromatic heterocycles. The van der Waals surface area contributed by atoms with Crippen molar-refractivity contribution in [1.82, 2.24) is 9.97 Å². The third-order valence-electron chi connectivity index (χ3n) is 2.83. The largest absolute Gasteiger partial charge is 0.388 e. The molecule has 1 N–H and O–H groups in total. The summed E-state index contributed by atoms with van der Waals surface area (Å²) in [5.74, 6) is 0. The fourth-order valence-corrected chi connectivity index (χ4v) is 1.91. The predicted octanol–water partition coefficient (Wildman–Crippen LogP) is 2.32. The Morgan fingerprint density at radius 3 is 2.71 bits per heavy atom. The van der Waals surface area contributed by atoms with Crippen LogP contribution in [0, 0.1) is 0 Å². The average molecular weight is 228 g/mol. The molecule has 0 saturated heterocycles. The molecular formula is C14H16N2O. The van der Waals surface area contributed by atoms with Gasteiger partial charge in [0.25, 0.3) is 0 Å². The zero-order valence-electron chi connectivity index (χ0n) is 9.87. The van der Waals surface area contributed by atoms with Gasteiger partial charge < -0.3 is 5.11 Å². The molecule has 1 atom stereocenters. The molecule has 0 fully saturated rings. The van der Waals surface area contributed by atoms with Crippen LogP contribution in [0.3, 0.4) is 0 Å². The molecule has 2 rings (SSSR count). The Hall–Kier alpha value is -1.74. The minimum Gasteiger partial charge on any atom is -0.388 e. The van der Waals surface area contributed by atoms with Gasteiger partial charge in [0.15, 0.2) is 0 Å². The lowest BCUT2D eigenvalue weighted by molar-refractivity contribution is 0.177. The van der Waals surface area contributed by atoms with E-state index in [2.05, 4.69) is 16.9 Å². The number of nitrogens with zero attached hydrogens (tertiary/aromatic N) is 2. The highest BCUT2D eigenvalue weighted by atomic mass is 16.3. The topological polar surface area (TPSA) is 46.0 Å². The summed E-state index contributed by atoms with van der Waals surface area (Å²) in [5.41, 5.74) is 3.11. The first-order valence-corrected chi connectivity index (χ1v) is 5.81. The fraction of sp³-hybridized carbons (Fsp3) is 0.286. The van der Waals surface area contributed by atoms with Gasteiger partial charge in [0.1, 0.15) is 0 Å². The quantitative estimate of drug-likeness (QED) is 0.873. The van der Waals surface area contributed by atoms with Crippen molar-refractivity contribution < 1.29 is 5.11 Å². The van der Waals surface area contributed by atoms with Crippen molar-refractivity contribution in [3.63, 3.8) is 0 Å². The lowest BCUT2D eigenvalue weighted by atomic mass is 9.98. The smallest absolute Gasteiger partial charge is 0.0834 e. The van der Waals surface area contributed by atoms with Crippen molar-refractivity contribution >= 4 is 0 Å². The van der Waals surface area contributed by atoms with Crippen LogP contribution >= 0.6 is 0 Å². The molecule has 0 aliphatic rings. The molecule has 0 aromatic carbocycles. The van der Waals surface area contributed by atoms with Gasteiger partial charge in [0, 0.05) is 31.2 Å². The maximum Gasteiger partial charge on any atom is 0.0834 e. The highest BCUT2D eigenvalue weighted by molar-refractivity contribution is 5.27. The summed E-state index contributed by atoms with van der Waals surface area (Å²) in [7, 11) is 0. The van der Waals surface area contributed by atoms with Crippen LogP contribution in [-0.2, 0) is 12.8 Å². The minimum absolute atomic E-state index is 0.489. The number of rotatable bonds is 4. The van der Waals surface area contributed by atoms with Gasteiger partial charge in [0.2, 0.25) is 0 Å². The fourth-order valence-electron chi connectivity index (χ4n) is 1.91. The van der Waals surface area contributed by atoms with Gasteiger partial charge in [-0.15, -0.1) is 0 Å². The molecule has 2 heterocycles. The molecule has 3 heteroatoms. The van der Waals surface area contributed by atoms with Crippen molar-refractivity contribution in [1.29, 1.82) is 0 Å². The summed E-state index contributed by atoms with van der Waals surface area (Å²) in [4.78, 5) is 8.13. The Balaban J connectivity index is 2.17. The molecule has 0 bridgehead atoms. The second-order valence-corrected chi connectivity index (χ2v) is 4.01. The Morgan fingerprint density at radius 1 is 1.18 bits per heavy atom. The van der Waals surface area contributed by atoms with Crippen LogP contribution in [0.25, 0.3) is 0 Å². The second-order valence-electron chi connectivity index (χ2n) is 4.01. The highest BCUT2D eigenvalue weighted by Gasteiger charge is 2.12. The van der Waals surface area contributed by atoms with Gasteiger partial charge in [-0.1, -0.05) is 13.0 Å². The summed E-state index contributed by atoms with van der Waals surface area (Å²) in [5, 5.41) is 10.2. The Kier molecular flexibility index (Phi) is 3.83. The van der Waals surface area contributed by atoms with Crippen molar-refractivity contribution in [2.24, 2.45) is 0 Å². The lowest BCUT2D eigenvalue weighted by Crippen LogP contribution is -2.05. The van der Waals surface area contributed by atoms with E-state index >= 15 is 0 Å². The first kappa shape index (κ1) is 11.7. The number of aromatic nitrogens is 2. The van der Waals surface area contributed by atoms with Gasteiger partial charge in [0.05, 0.1) is 6.10 Å². The normalized spacial score (nSPS) is 12.4. The van der Waals surface area contributed by atoms with Crippen LogP contribution in [0.4, 0.5) is 0 Å². The predicted molar refractivity (Wildman–Crippen MR) is 66.5 cm³/mol. The first-order chi connectivity index (χ1) is 8.31. The summed E-state index contributed by atoms with van der Waals surface area (Å²) in [6.45, 7) is 2.07. The molecule has 3 nitrogen and oxygen atoms in total. The van der Waals surface area contributed by atoms with Gasteiger partial charge in [-0.2, -0.15) is 0 Å². The SMILES string of the molecule is CCc1cnccc1C(O)Cc1cccnc1. The van der Waals surface area contributed by atoms with E-state index in [-0.39, 0.29) is 0 Å². The van der Waals surface area contributed by atoms with E-state index in [1.807, 2.05) is 24.4 Å². The number of aryl methyl sites for hydroxylation is 1. The van der Waals surface area contributed by atoms with E-state index in [0.29, 0.717) is 6.42 Å². The molecule has 17 heavy (non-hydrogen) atoms. The average Bonchev–Trinajstić information content (AvgIpc) is 2.40. The van der Waals surface area contributed by atoms with E-state index in [9.17, 15) is 5.11 Å². The van der Waals surface area contributed by atoms with Crippen LogP contribution in [-0.4, -0.2) is 15.1 Å². The van der Waals surface area contributed by atoms with E-state index < -0.39 is 6.10 Å². The standard InChI is InChI=1S/C14H16N2O/c1-2-12-10-16-7-5-13(12)14(17)8-11-4-3-6-15-9-11/h3-7,9-10,14,17H,2,8H2,1H3. The third kappa shape index (κ3) is 2.88. The summed E-state index contributed by atoms with van der Waals surface area (Å²) in [6.07, 6.45) is 8.05. The zero-order chi connectivity index (χ0) is 12.1. The lowest BCUT2D eigenvalue weighted by Gasteiger charge is -2.14. The number of aliphatic hydroxyl groups excluding tert-OH is 1. The molecule has 88 valence electrons. The Bertz CT molecular complexity index is 471. The van der Waals surface area contributed by atoms with Gasteiger partial charge in [-0.25, -0.2) is 0 Å². The van der Waals surface area contributed by atoms with Crippen molar-refractivity contribution in [3.8, 4) is 0 Å². The third-order valence-corrected chi connectivity index (χ3v) is 2.83. The summed E-state index contributed by atoms with van der Waals surface area (Å²) < 4.78 is 0. The second kappa shape index (κ2) is 5.55. The molecule has 0 aliphatic heterocycles. The number of pyridine rings is 2. The van der Waals surface area contributed by atoms with Crippen LogP contribution < -0.4 is 0 Å². The van der Waals surface area contributed by atoms with Gasteiger partial charge in [-0.3, -0.25) is 9.97 Å². The van der Waals surface area contributed by atoms with E-state index in [1.54, 1.807) is 18.6 Å². The molecule has 0 amide bonds. The highest BCUT2D eigenvalue weighted by Crippen LogP contribution is 2.21.